The van der Waals surface area contributed by atoms with Crippen LogP contribution in [0.4, 0.5) is 22.0 Å². The number of hydrogen-bond donors (Lipinski definition) is 2. The second-order valence-electron chi connectivity index (χ2n) is 5.15. The van der Waals surface area contributed by atoms with E-state index in [-0.39, 0.29) is 0 Å². The summed E-state index contributed by atoms with van der Waals surface area (Å²) in [4.78, 5) is 0. The van der Waals surface area contributed by atoms with Gasteiger partial charge in [-0.3, -0.25) is 0 Å². The number of benzene rings is 1. The van der Waals surface area contributed by atoms with Crippen molar-refractivity contribution in [2.45, 2.75) is 36.8 Å². The van der Waals surface area contributed by atoms with E-state index in [0.29, 0.717) is 0 Å². The third-order valence-electron chi connectivity index (χ3n) is 3.81. The van der Waals surface area contributed by atoms with Gasteiger partial charge in [-0.05, 0) is 6.07 Å². The number of alkyl halides is 4. The molecule has 0 radical (unpaired) electrons. The molecule has 7 heteroatoms. The Hall–Kier alpha value is -1.21. The third kappa shape index (κ3) is 2.40. The zero-order valence-corrected chi connectivity index (χ0v) is 10.4. The van der Waals surface area contributed by atoms with E-state index in [0.717, 1.165) is 12.1 Å². The molecule has 20 heavy (non-hydrogen) atoms. The first kappa shape index (κ1) is 15.2. The molecule has 0 aromatic heterocycles. The predicted octanol–water partition coefficient (Wildman–Crippen LogP) is 2.65. The average molecular weight is 295 g/mol. The van der Waals surface area contributed by atoms with Crippen molar-refractivity contribution in [3.63, 3.8) is 0 Å². The molecule has 0 saturated heterocycles. The molecule has 0 bridgehead atoms. The van der Waals surface area contributed by atoms with E-state index >= 15 is 0 Å². The van der Waals surface area contributed by atoms with Crippen LogP contribution in [0.15, 0.2) is 24.3 Å². The lowest BCUT2D eigenvalue weighted by Crippen LogP contribution is -2.53. The highest BCUT2D eigenvalue weighted by Gasteiger charge is 2.58. The van der Waals surface area contributed by atoms with Crippen molar-refractivity contribution in [1.29, 1.82) is 0 Å². The van der Waals surface area contributed by atoms with Gasteiger partial charge in [0.15, 0.2) is 0 Å². The number of aliphatic hydroxyl groups excluding tert-OH is 1. The van der Waals surface area contributed by atoms with Gasteiger partial charge in [0.05, 0.1) is 6.10 Å². The normalized spacial score (nSPS) is 28.6. The van der Waals surface area contributed by atoms with Gasteiger partial charge in [0.25, 0.3) is 12.3 Å². The van der Waals surface area contributed by atoms with Crippen molar-refractivity contribution in [3.05, 3.63) is 35.6 Å². The van der Waals surface area contributed by atoms with Crippen LogP contribution >= 0.6 is 0 Å². The summed E-state index contributed by atoms with van der Waals surface area (Å²) in [7, 11) is 0. The molecule has 3 unspecified atom stereocenters. The van der Waals surface area contributed by atoms with E-state index in [1.165, 1.54) is 12.1 Å². The largest absolute Gasteiger partial charge is 0.393 e. The van der Waals surface area contributed by atoms with Gasteiger partial charge in [-0.1, -0.05) is 18.2 Å². The van der Waals surface area contributed by atoms with Crippen LogP contribution in [-0.4, -0.2) is 23.6 Å². The molecule has 1 aliphatic carbocycles. The minimum absolute atomic E-state index is 0.559. The molecule has 1 aromatic carbocycles. The van der Waals surface area contributed by atoms with E-state index in [1.807, 2.05) is 0 Å². The van der Waals surface area contributed by atoms with E-state index in [4.69, 9.17) is 5.73 Å². The van der Waals surface area contributed by atoms with Gasteiger partial charge in [0.1, 0.15) is 11.4 Å². The first-order chi connectivity index (χ1) is 9.18. The molecule has 3 N–H and O–H groups in total. The number of aliphatic hydroxyl groups is 1. The first-order valence-corrected chi connectivity index (χ1v) is 6.06. The lowest BCUT2D eigenvalue weighted by atomic mass is 9.76. The number of nitrogens with two attached hydrogens (primary N) is 1. The zero-order valence-electron chi connectivity index (χ0n) is 10.4. The van der Waals surface area contributed by atoms with Crippen molar-refractivity contribution < 1.29 is 27.1 Å². The van der Waals surface area contributed by atoms with Crippen molar-refractivity contribution in [2.75, 3.05) is 0 Å². The van der Waals surface area contributed by atoms with E-state index in [1.54, 1.807) is 0 Å². The molecule has 1 fully saturated rings. The minimum atomic E-state index is -3.28. The second kappa shape index (κ2) is 4.96. The van der Waals surface area contributed by atoms with Gasteiger partial charge in [-0.15, -0.1) is 0 Å². The fraction of sp³-hybridized carbons (Fsp3) is 0.538. The van der Waals surface area contributed by atoms with E-state index in [2.05, 4.69) is 0 Å². The highest BCUT2D eigenvalue weighted by molar-refractivity contribution is 5.29. The smallest absolute Gasteiger partial charge is 0.260 e. The third-order valence-corrected chi connectivity index (χ3v) is 3.81. The summed E-state index contributed by atoms with van der Waals surface area (Å²) in [5.41, 5.74) is 2.39. The van der Waals surface area contributed by atoms with Gasteiger partial charge < -0.3 is 10.8 Å². The molecule has 0 amide bonds. The number of halogens is 5. The Bertz CT molecular complexity index is 495. The quantitative estimate of drug-likeness (QED) is 0.842. The van der Waals surface area contributed by atoms with Crippen molar-refractivity contribution in [3.8, 4) is 0 Å². The van der Waals surface area contributed by atoms with E-state index in [9.17, 15) is 27.1 Å². The molecular formula is C13H14F5NO. The Labute approximate surface area is 112 Å². The Balaban J connectivity index is 2.49. The Morgan fingerprint density at radius 3 is 2.30 bits per heavy atom. The molecule has 0 heterocycles. The molecule has 1 aliphatic rings. The van der Waals surface area contributed by atoms with Gasteiger partial charge in [0.2, 0.25) is 0 Å². The highest BCUT2D eigenvalue weighted by Crippen LogP contribution is 2.48. The van der Waals surface area contributed by atoms with Crippen molar-refractivity contribution >= 4 is 0 Å². The molecule has 2 nitrogen and oxygen atoms in total. The van der Waals surface area contributed by atoms with Crippen LogP contribution in [0.2, 0.25) is 0 Å². The van der Waals surface area contributed by atoms with Crippen LogP contribution < -0.4 is 5.73 Å². The molecule has 0 spiro atoms. The Morgan fingerprint density at radius 2 is 1.85 bits per heavy atom. The van der Waals surface area contributed by atoms with Gasteiger partial charge in [-0.2, -0.15) is 0 Å². The lowest BCUT2D eigenvalue weighted by Gasteiger charge is -2.36. The summed E-state index contributed by atoms with van der Waals surface area (Å²) >= 11 is 0. The second-order valence-corrected chi connectivity index (χ2v) is 5.15. The standard InChI is InChI=1S/C13H14F5NO/c14-9-4-2-1-3-7(9)13(19,11(15)16)8-5-12(17,18)6-10(8)20/h1-4,8,10-11,20H,5-6,19H2. The topological polar surface area (TPSA) is 46.2 Å². The van der Waals surface area contributed by atoms with Crippen LogP contribution in [-0.2, 0) is 5.54 Å². The first-order valence-electron chi connectivity index (χ1n) is 6.06. The summed E-state index contributed by atoms with van der Waals surface area (Å²) in [6.07, 6.45) is -6.93. The summed E-state index contributed by atoms with van der Waals surface area (Å²) < 4.78 is 67.1. The molecule has 0 aliphatic heterocycles. The zero-order chi connectivity index (χ0) is 15.1. The highest BCUT2D eigenvalue weighted by atomic mass is 19.3. The molecule has 1 saturated carbocycles. The van der Waals surface area contributed by atoms with E-state index < -0.39 is 54.1 Å². The van der Waals surface area contributed by atoms with Crippen LogP contribution in [0.25, 0.3) is 0 Å². The SMILES string of the molecule is NC(c1ccccc1F)(C(F)F)C1CC(F)(F)CC1O. The minimum Gasteiger partial charge on any atom is -0.393 e. The van der Waals surface area contributed by atoms with Crippen molar-refractivity contribution in [2.24, 2.45) is 11.7 Å². The Kier molecular flexibility index (Phi) is 3.77. The summed E-state index contributed by atoms with van der Waals surface area (Å²) in [6.45, 7) is 0. The fourth-order valence-corrected chi connectivity index (χ4v) is 2.77. The monoisotopic (exact) mass is 295 g/mol. The van der Waals surface area contributed by atoms with Crippen LogP contribution in [0.3, 0.4) is 0 Å². The predicted molar refractivity (Wildman–Crippen MR) is 61.9 cm³/mol. The van der Waals surface area contributed by atoms with Gasteiger partial charge in [-0.25, -0.2) is 22.0 Å². The fourth-order valence-electron chi connectivity index (χ4n) is 2.77. The summed E-state index contributed by atoms with van der Waals surface area (Å²) in [6, 6.07) is 4.54. The molecule has 1 aromatic rings. The maximum Gasteiger partial charge on any atom is 0.260 e. The molecular weight excluding hydrogens is 281 g/mol. The maximum absolute atomic E-state index is 13.7. The Morgan fingerprint density at radius 1 is 1.25 bits per heavy atom. The average Bonchev–Trinajstić information content (AvgIpc) is 2.62. The maximum atomic E-state index is 13.7. The lowest BCUT2D eigenvalue weighted by molar-refractivity contribution is -0.0293. The summed E-state index contributed by atoms with van der Waals surface area (Å²) in [5.74, 6) is -5.90. The number of rotatable bonds is 3. The van der Waals surface area contributed by atoms with Crippen LogP contribution in [0, 0.1) is 11.7 Å². The van der Waals surface area contributed by atoms with Crippen LogP contribution in [0.1, 0.15) is 18.4 Å². The van der Waals surface area contributed by atoms with Crippen molar-refractivity contribution in [1.82, 2.24) is 0 Å². The van der Waals surface area contributed by atoms with Crippen LogP contribution in [0.5, 0.6) is 0 Å². The summed E-state index contributed by atoms with van der Waals surface area (Å²) in [5, 5.41) is 9.65. The number of hydrogen-bond acceptors (Lipinski definition) is 2. The molecule has 112 valence electrons. The van der Waals surface area contributed by atoms with Gasteiger partial charge in [0, 0.05) is 24.3 Å². The molecule has 3 atom stereocenters. The molecule has 2 rings (SSSR count). The van der Waals surface area contributed by atoms with Gasteiger partial charge >= 0.3 is 0 Å².